The molecule has 0 radical (unpaired) electrons. The molecule has 2 atom stereocenters. The first kappa shape index (κ1) is 22.6. The van der Waals surface area contributed by atoms with Gasteiger partial charge in [-0.25, -0.2) is 4.39 Å². The maximum Gasteiger partial charge on any atom is 0.253 e. The van der Waals surface area contributed by atoms with Crippen LogP contribution in [0.4, 0.5) is 4.39 Å². The average molecular weight is 464 g/mol. The first-order valence-corrected chi connectivity index (χ1v) is 11.0. The van der Waals surface area contributed by atoms with Gasteiger partial charge in [-0.05, 0) is 48.4 Å². The number of carbonyl (C=O) groups excluding carboxylic acids is 2. The predicted molar refractivity (Wildman–Crippen MR) is 128 cm³/mol. The monoisotopic (exact) mass is 463 g/mol. The zero-order valence-corrected chi connectivity index (χ0v) is 18.7. The molecule has 0 saturated carbocycles. The summed E-state index contributed by atoms with van der Waals surface area (Å²) in [5.74, 6) is -1.13. The van der Waals surface area contributed by atoms with Gasteiger partial charge in [-0.3, -0.25) is 9.59 Å². The third-order valence-corrected chi connectivity index (χ3v) is 5.90. The maximum atomic E-state index is 13.3. The molecule has 0 unspecified atom stereocenters. The van der Waals surface area contributed by atoms with Crippen molar-refractivity contribution in [3.63, 3.8) is 0 Å². The van der Waals surface area contributed by atoms with E-state index in [1.807, 2.05) is 37.4 Å². The first-order valence-electron chi connectivity index (χ1n) is 10.6. The molecule has 168 valence electrons. The SMILES string of the molecule is C[C@@H](NC(=O)[C@@H](Cc1c[nH]c2ccccc12)NC(=O)c1ccccc1Cl)c1ccc(F)cc1. The van der Waals surface area contributed by atoms with Crippen LogP contribution in [0.1, 0.15) is 34.5 Å². The number of fused-ring (bicyclic) bond motifs is 1. The van der Waals surface area contributed by atoms with E-state index in [0.717, 1.165) is 22.0 Å². The lowest BCUT2D eigenvalue weighted by atomic mass is 10.0. The van der Waals surface area contributed by atoms with E-state index in [4.69, 9.17) is 11.6 Å². The average Bonchev–Trinajstić information content (AvgIpc) is 3.22. The van der Waals surface area contributed by atoms with Crippen molar-refractivity contribution in [1.29, 1.82) is 0 Å². The van der Waals surface area contributed by atoms with Crippen LogP contribution in [0.5, 0.6) is 0 Å². The van der Waals surface area contributed by atoms with Crippen LogP contribution in [0.3, 0.4) is 0 Å². The topological polar surface area (TPSA) is 74.0 Å². The molecular formula is C26H23ClFN3O2. The van der Waals surface area contributed by atoms with Crippen LogP contribution in [0.15, 0.2) is 79.0 Å². The molecule has 0 saturated heterocycles. The third-order valence-electron chi connectivity index (χ3n) is 5.57. The highest BCUT2D eigenvalue weighted by Crippen LogP contribution is 2.21. The van der Waals surface area contributed by atoms with Crippen molar-refractivity contribution < 1.29 is 14.0 Å². The van der Waals surface area contributed by atoms with Crippen LogP contribution < -0.4 is 10.6 Å². The van der Waals surface area contributed by atoms with E-state index in [0.29, 0.717) is 10.6 Å². The highest BCUT2D eigenvalue weighted by atomic mass is 35.5. The maximum absolute atomic E-state index is 13.3. The van der Waals surface area contributed by atoms with Gasteiger partial charge in [0.2, 0.25) is 5.91 Å². The summed E-state index contributed by atoms with van der Waals surface area (Å²) >= 11 is 6.18. The Balaban J connectivity index is 1.58. The molecule has 1 heterocycles. The van der Waals surface area contributed by atoms with Crippen molar-refractivity contribution in [3.05, 3.63) is 107 Å². The number of carbonyl (C=O) groups is 2. The van der Waals surface area contributed by atoms with Crippen molar-refractivity contribution in [2.75, 3.05) is 0 Å². The van der Waals surface area contributed by atoms with Crippen LogP contribution in [0.2, 0.25) is 5.02 Å². The molecule has 0 spiro atoms. The Kier molecular flexibility index (Phi) is 6.75. The molecule has 0 aliphatic rings. The molecule has 5 nitrogen and oxygen atoms in total. The lowest BCUT2D eigenvalue weighted by molar-refractivity contribution is -0.123. The molecule has 0 fully saturated rings. The summed E-state index contributed by atoms with van der Waals surface area (Å²) in [4.78, 5) is 29.4. The molecular weight excluding hydrogens is 441 g/mol. The van der Waals surface area contributed by atoms with E-state index in [1.165, 1.54) is 12.1 Å². The van der Waals surface area contributed by atoms with Crippen molar-refractivity contribution in [1.82, 2.24) is 15.6 Å². The Hall–Kier alpha value is -3.64. The molecule has 7 heteroatoms. The number of aromatic amines is 1. The lowest BCUT2D eigenvalue weighted by Gasteiger charge is -2.22. The largest absolute Gasteiger partial charge is 0.361 e. The number of rotatable bonds is 7. The molecule has 1 aromatic heterocycles. The van der Waals surface area contributed by atoms with Gasteiger partial charge in [0.25, 0.3) is 5.91 Å². The summed E-state index contributed by atoms with van der Waals surface area (Å²) in [6.07, 6.45) is 2.12. The van der Waals surface area contributed by atoms with Crippen molar-refractivity contribution in [2.24, 2.45) is 0 Å². The number of halogens is 2. The molecule has 3 aromatic carbocycles. The number of hydrogen-bond acceptors (Lipinski definition) is 2. The van der Waals surface area contributed by atoms with Crippen LogP contribution >= 0.6 is 11.6 Å². The number of H-pyrrole nitrogens is 1. The molecule has 3 N–H and O–H groups in total. The third kappa shape index (κ3) is 5.23. The summed E-state index contributed by atoms with van der Waals surface area (Å²) in [7, 11) is 0. The highest BCUT2D eigenvalue weighted by molar-refractivity contribution is 6.33. The lowest BCUT2D eigenvalue weighted by Crippen LogP contribution is -2.48. The fourth-order valence-electron chi connectivity index (χ4n) is 3.76. The van der Waals surface area contributed by atoms with Gasteiger partial charge in [0.15, 0.2) is 0 Å². The molecule has 0 aliphatic carbocycles. The molecule has 4 rings (SSSR count). The van der Waals surface area contributed by atoms with Crippen molar-refractivity contribution >= 4 is 34.3 Å². The zero-order valence-electron chi connectivity index (χ0n) is 17.9. The summed E-state index contributed by atoms with van der Waals surface area (Å²) in [6, 6.07) is 19.2. The van der Waals surface area contributed by atoms with Gasteiger partial charge in [0.05, 0.1) is 16.6 Å². The molecule has 2 amide bonds. The van der Waals surface area contributed by atoms with E-state index < -0.39 is 11.9 Å². The van der Waals surface area contributed by atoms with Gasteiger partial charge >= 0.3 is 0 Å². The number of nitrogens with one attached hydrogen (secondary N) is 3. The highest BCUT2D eigenvalue weighted by Gasteiger charge is 2.25. The van der Waals surface area contributed by atoms with Gasteiger partial charge in [0.1, 0.15) is 11.9 Å². The minimum Gasteiger partial charge on any atom is -0.361 e. The second-order valence-electron chi connectivity index (χ2n) is 7.85. The van der Waals surface area contributed by atoms with E-state index in [2.05, 4.69) is 15.6 Å². The predicted octanol–water partition coefficient (Wildman–Crippen LogP) is 5.18. The number of hydrogen-bond donors (Lipinski definition) is 3. The Morgan fingerprint density at radius 3 is 2.42 bits per heavy atom. The molecule has 0 aliphatic heterocycles. The Labute approximate surface area is 196 Å². The molecule has 0 bridgehead atoms. The van der Waals surface area contributed by atoms with E-state index in [1.54, 1.807) is 36.4 Å². The smallest absolute Gasteiger partial charge is 0.253 e. The summed E-state index contributed by atoms with van der Waals surface area (Å²) < 4.78 is 13.3. The number of amides is 2. The quantitative estimate of drug-likeness (QED) is 0.353. The van der Waals surface area contributed by atoms with Gasteiger partial charge < -0.3 is 15.6 Å². The summed E-state index contributed by atoms with van der Waals surface area (Å²) in [5, 5.41) is 7.05. The fraction of sp³-hybridized carbons (Fsp3) is 0.154. The van der Waals surface area contributed by atoms with E-state index >= 15 is 0 Å². The zero-order chi connectivity index (χ0) is 23.4. The Morgan fingerprint density at radius 1 is 0.970 bits per heavy atom. The van der Waals surface area contributed by atoms with Crippen LogP contribution in [-0.4, -0.2) is 22.8 Å². The number of para-hydroxylation sites is 1. The van der Waals surface area contributed by atoms with Crippen LogP contribution in [-0.2, 0) is 11.2 Å². The fourth-order valence-corrected chi connectivity index (χ4v) is 3.98. The summed E-state index contributed by atoms with van der Waals surface area (Å²) in [6.45, 7) is 1.81. The van der Waals surface area contributed by atoms with Gasteiger partial charge in [-0.2, -0.15) is 0 Å². The molecule has 4 aromatic rings. The second-order valence-corrected chi connectivity index (χ2v) is 8.26. The standard InChI is InChI=1S/C26H23ClFN3O2/c1-16(17-10-12-19(28)13-11-17)30-26(33)24(31-25(32)21-7-2-4-8-22(21)27)14-18-15-29-23-9-5-3-6-20(18)23/h2-13,15-16,24,29H,14H2,1H3,(H,30,33)(H,31,32)/t16-,24-/m1/s1. The van der Waals surface area contributed by atoms with Crippen LogP contribution in [0, 0.1) is 5.82 Å². The first-order chi connectivity index (χ1) is 15.9. The Bertz CT molecular complexity index is 1290. The second kappa shape index (κ2) is 9.88. The minimum absolute atomic E-state index is 0.280. The van der Waals surface area contributed by atoms with Gasteiger partial charge in [0, 0.05) is 23.5 Å². The van der Waals surface area contributed by atoms with Crippen molar-refractivity contribution in [2.45, 2.75) is 25.4 Å². The molecule has 33 heavy (non-hydrogen) atoms. The number of benzene rings is 3. The van der Waals surface area contributed by atoms with Crippen molar-refractivity contribution in [3.8, 4) is 0 Å². The van der Waals surface area contributed by atoms with Gasteiger partial charge in [-0.1, -0.05) is 54.1 Å². The van der Waals surface area contributed by atoms with E-state index in [-0.39, 0.29) is 24.2 Å². The minimum atomic E-state index is -0.851. The Morgan fingerprint density at radius 2 is 1.67 bits per heavy atom. The number of aromatic nitrogens is 1. The van der Waals surface area contributed by atoms with E-state index in [9.17, 15) is 14.0 Å². The summed E-state index contributed by atoms with van der Waals surface area (Å²) in [5.41, 5.74) is 2.90. The normalized spacial score (nSPS) is 12.8. The van der Waals surface area contributed by atoms with Gasteiger partial charge in [-0.15, -0.1) is 0 Å². The van der Waals surface area contributed by atoms with Crippen LogP contribution in [0.25, 0.3) is 10.9 Å².